The summed E-state index contributed by atoms with van der Waals surface area (Å²) in [5.41, 5.74) is 1.95. The zero-order chi connectivity index (χ0) is 19.5. The maximum absolute atomic E-state index is 12.5. The van der Waals surface area contributed by atoms with Crippen molar-refractivity contribution in [3.05, 3.63) is 60.4 Å². The Bertz CT molecular complexity index is 910. The van der Waals surface area contributed by atoms with Crippen LogP contribution in [0.5, 0.6) is 5.75 Å². The molecule has 3 aromatic rings. The smallest absolute Gasteiger partial charge is 0.275 e. The quantitative estimate of drug-likeness (QED) is 0.630. The third kappa shape index (κ3) is 4.12. The van der Waals surface area contributed by atoms with Gasteiger partial charge in [0.25, 0.3) is 5.91 Å². The van der Waals surface area contributed by atoms with Gasteiger partial charge in [0.05, 0.1) is 32.2 Å². The summed E-state index contributed by atoms with van der Waals surface area (Å²) in [5, 5.41) is 13.5. The van der Waals surface area contributed by atoms with Gasteiger partial charge in [0.15, 0.2) is 6.54 Å². The number of quaternary nitrogens is 1. The Kier molecular flexibility index (Phi) is 5.21. The molecule has 6 nitrogen and oxygen atoms in total. The fourth-order valence-corrected chi connectivity index (χ4v) is 3.73. The highest BCUT2D eigenvalue weighted by Crippen LogP contribution is 2.23. The highest BCUT2D eigenvalue weighted by Gasteiger charge is 2.23. The van der Waals surface area contributed by atoms with E-state index in [9.17, 15) is 9.90 Å². The maximum atomic E-state index is 12.5. The highest BCUT2D eigenvalue weighted by atomic mass is 16.3. The molecule has 1 aromatic heterocycles. The number of fused-ring (bicyclic) bond motifs is 1. The number of benzene rings is 2. The number of amides is 1. The van der Waals surface area contributed by atoms with Gasteiger partial charge in [0.2, 0.25) is 0 Å². The van der Waals surface area contributed by atoms with Crippen LogP contribution in [0.15, 0.2) is 59.0 Å². The number of para-hydroxylation sites is 1. The minimum atomic E-state index is -0.155. The van der Waals surface area contributed by atoms with E-state index in [0.717, 1.165) is 48.6 Å². The summed E-state index contributed by atoms with van der Waals surface area (Å²) < 4.78 is 5.85. The second-order valence-electron chi connectivity index (χ2n) is 7.41. The number of phenols is 1. The first-order valence-electron chi connectivity index (χ1n) is 9.74. The van der Waals surface area contributed by atoms with Crippen LogP contribution >= 0.6 is 0 Å². The Morgan fingerprint density at radius 2 is 1.89 bits per heavy atom. The van der Waals surface area contributed by atoms with Gasteiger partial charge in [-0.2, -0.15) is 0 Å². The SMILES string of the molecule is C[C@@H](NC(=O)C[NH+]1CCN(c2ccc(O)cc2)CC1)c1cc2ccccc2o1. The van der Waals surface area contributed by atoms with Crippen LogP contribution in [-0.2, 0) is 4.79 Å². The molecule has 0 saturated carbocycles. The van der Waals surface area contributed by atoms with E-state index in [1.165, 1.54) is 4.90 Å². The second-order valence-corrected chi connectivity index (χ2v) is 7.41. The van der Waals surface area contributed by atoms with Crippen LogP contribution in [0.2, 0.25) is 0 Å². The Hall–Kier alpha value is -2.99. The zero-order valence-electron chi connectivity index (χ0n) is 16.0. The fraction of sp³-hybridized carbons (Fsp3) is 0.318. The number of hydrogen-bond donors (Lipinski definition) is 3. The van der Waals surface area contributed by atoms with Crippen LogP contribution in [0.1, 0.15) is 18.7 Å². The average molecular weight is 380 g/mol. The topological polar surface area (TPSA) is 70.2 Å². The van der Waals surface area contributed by atoms with Crippen molar-refractivity contribution in [3.63, 3.8) is 0 Å². The summed E-state index contributed by atoms with van der Waals surface area (Å²) in [4.78, 5) is 16.1. The molecule has 0 aliphatic carbocycles. The van der Waals surface area contributed by atoms with Gasteiger partial charge < -0.3 is 24.6 Å². The zero-order valence-corrected chi connectivity index (χ0v) is 16.0. The van der Waals surface area contributed by atoms with Gasteiger partial charge in [-0.15, -0.1) is 0 Å². The minimum absolute atomic E-state index is 0.0426. The highest BCUT2D eigenvalue weighted by molar-refractivity contribution is 5.79. The van der Waals surface area contributed by atoms with E-state index in [-0.39, 0.29) is 17.7 Å². The lowest BCUT2D eigenvalue weighted by Crippen LogP contribution is -3.15. The average Bonchev–Trinajstić information content (AvgIpc) is 3.14. The van der Waals surface area contributed by atoms with E-state index in [4.69, 9.17) is 4.42 Å². The van der Waals surface area contributed by atoms with Crippen molar-refractivity contribution in [3.8, 4) is 5.75 Å². The lowest BCUT2D eigenvalue weighted by molar-refractivity contribution is -0.892. The summed E-state index contributed by atoms with van der Waals surface area (Å²) in [6, 6.07) is 17.0. The van der Waals surface area contributed by atoms with Gasteiger partial charge in [-0.3, -0.25) is 4.79 Å². The maximum Gasteiger partial charge on any atom is 0.275 e. The van der Waals surface area contributed by atoms with Crippen LogP contribution in [0.25, 0.3) is 11.0 Å². The van der Waals surface area contributed by atoms with E-state index < -0.39 is 0 Å². The van der Waals surface area contributed by atoms with Crippen LogP contribution < -0.4 is 15.1 Å². The molecule has 0 radical (unpaired) electrons. The van der Waals surface area contributed by atoms with Crippen molar-refractivity contribution in [1.29, 1.82) is 0 Å². The Balaban J connectivity index is 1.28. The lowest BCUT2D eigenvalue weighted by Gasteiger charge is -2.33. The number of hydrogen-bond acceptors (Lipinski definition) is 4. The van der Waals surface area contributed by atoms with Crippen molar-refractivity contribution in [1.82, 2.24) is 5.32 Å². The summed E-state index contributed by atoms with van der Waals surface area (Å²) in [5.74, 6) is 1.10. The predicted molar refractivity (Wildman–Crippen MR) is 109 cm³/mol. The standard InChI is InChI=1S/C22H25N3O3/c1-16(21-14-17-4-2-3-5-20(17)28-21)23-22(27)15-24-10-12-25(13-11-24)18-6-8-19(26)9-7-18/h2-9,14,16,26H,10-13,15H2,1H3,(H,23,27)/p+1/t16-/m1/s1. The molecule has 6 heteroatoms. The Morgan fingerprint density at radius 1 is 1.18 bits per heavy atom. The molecule has 1 saturated heterocycles. The molecular weight excluding hydrogens is 354 g/mol. The Labute approximate surface area is 164 Å². The largest absolute Gasteiger partial charge is 0.508 e. The van der Waals surface area contributed by atoms with Crippen LogP contribution in [0.3, 0.4) is 0 Å². The van der Waals surface area contributed by atoms with Crippen molar-refractivity contribution < 1.29 is 19.2 Å². The molecule has 28 heavy (non-hydrogen) atoms. The first-order chi connectivity index (χ1) is 13.6. The summed E-state index contributed by atoms with van der Waals surface area (Å²) in [6.45, 7) is 6.03. The van der Waals surface area contributed by atoms with Crippen LogP contribution in [-0.4, -0.2) is 43.7 Å². The molecule has 146 valence electrons. The van der Waals surface area contributed by atoms with Gasteiger partial charge in [-0.25, -0.2) is 0 Å². The number of aromatic hydroxyl groups is 1. The van der Waals surface area contributed by atoms with Gasteiger partial charge in [-0.1, -0.05) is 18.2 Å². The number of carbonyl (C=O) groups is 1. The first kappa shape index (κ1) is 18.4. The van der Waals surface area contributed by atoms with Crippen LogP contribution in [0.4, 0.5) is 5.69 Å². The summed E-state index contributed by atoms with van der Waals surface area (Å²) in [7, 11) is 0. The molecular formula is C22H26N3O3+. The van der Waals surface area contributed by atoms with E-state index in [1.54, 1.807) is 12.1 Å². The molecule has 0 spiro atoms. The predicted octanol–water partition coefficient (Wildman–Crippen LogP) is 1.72. The number of nitrogens with one attached hydrogen (secondary N) is 2. The molecule has 1 fully saturated rings. The first-order valence-corrected chi connectivity index (χ1v) is 9.74. The normalized spacial score (nSPS) is 16.2. The minimum Gasteiger partial charge on any atom is -0.508 e. The molecule has 0 bridgehead atoms. The lowest BCUT2D eigenvalue weighted by atomic mass is 10.2. The number of furan rings is 1. The van der Waals surface area contributed by atoms with Gasteiger partial charge in [0.1, 0.15) is 17.1 Å². The molecule has 0 unspecified atom stereocenters. The molecule has 1 aliphatic rings. The number of piperazine rings is 1. The number of nitrogens with zero attached hydrogens (tertiary/aromatic N) is 1. The van der Waals surface area contributed by atoms with E-state index in [2.05, 4.69) is 10.2 Å². The molecule has 2 aromatic carbocycles. The van der Waals surface area contributed by atoms with Crippen molar-refractivity contribution in [2.24, 2.45) is 0 Å². The van der Waals surface area contributed by atoms with Crippen molar-refractivity contribution in [2.75, 3.05) is 37.6 Å². The van der Waals surface area contributed by atoms with Crippen LogP contribution in [0, 0.1) is 0 Å². The fourth-order valence-electron chi connectivity index (χ4n) is 3.73. The number of carbonyl (C=O) groups excluding carboxylic acids is 1. The van der Waals surface area contributed by atoms with E-state index in [1.807, 2.05) is 49.4 Å². The van der Waals surface area contributed by atoms with E-state index in [0.29, 0.717) is 6.54 Å². The Morgan fingerprint density at radius 3 is 2.61 bits per heavy atom. The molecule has 4 rings (SSSR count). The molecule has 1 amide bonds. The second kappa shape index (κ2) is 7.94. The van der Waals surface area contributed by atoms with Gasteiger partial charge in [-0.05, 0) is 43.3 Å². The van der Waals surface area contributed by atoms with Crippen molar-refractivity contribution >= 4 is 22.6 Å². The van der Waals surface area contributed by atoms with Gasteiger partial charge >= 0.3 is 0 Å². The van der Waals surface area contributed by atoms with Crippen molar-refractivity contribution in [2.45, 2.75) is 13.0 Å². The number of phenolic OH excluding ortho intramolecular Hbond substituents is 1. The third-order valence-corrected chi connectivity index (χ3v) is 5.34. The number of anilines is 1. The molecule has 3 N–H and O–H groups in total. The molecule has 1 atom stereocenters. The third-order valence-electron chi connectivity index (χ3n) is 5.34. The van der Waals surface area contributed by atoms with E-state index >= 15 is 0 Å². The molecule has 2 heterocycles. The van der Waals surface area contributed by atoms with Gasteiger partial charge in [0, 0.05) is 11.1 Å². The molecule has 1 aliphatic heterocycles. The number of rotatable bonds is 5. The summed E-state index contributed by atoms with van der Waals surface area (Å²) >= 11 is 0. The summed E-state index contributed by atoms with van der Waals surface area (Å²) in [6.07, 6.45) is 0. The monoisotopic (exact) mass is 380 g/mol.